The number of ether oxygens (including phenoxy) is 2. The van der Waals surface area contributed by atoms with Gasteiger partial charge in [-0.2, -0.15) is 5.10 Å². The number of halogens is 2. The van der Waals surface area contributed by atoms with Crippen LogP contribution in [0.4, 0.5) is 4.39 Å². The van der Waals surface area contributed by atoms with E-state index in [1.54, 1.807) is 54.4 Å². The largest absolute Gasteiger partial charge is 0.497 e. The highest BCUT2D eigenvalue weighted by atomic mass is 127. The molecule has 0 saturated heterocycles. The molecule has 1 aliphatic rings. The molecule has 0 N–H and O–H groups in total. The minimum Gasteiger partial charge on any atom is -0.497 e. The molecule has 48 heavy (non-hydrogen) atoms. The van der Waals surface area contributed by atoms with E-state index < -0.39 is 17.2 Å². The molecule has 240 valence electrons. The Bertz CT molecular complexity index is 2270. The van der Waals surface area contributed by atoms with Gasteiger partial charge in [0.15, 0.2) is 28.8 Å². The van der Waals surface area contributed by atoms with E-state index in [-0.39, 0.29) is 23.5 Å². The Morgan fingerprint density at radius 2 is 1.71 bits per heavy atom. The number of methoxy groups -OCH3 is 1. The van der Waals surface area contributed by atoms with Crippen molar-refractivity contribution in [1.82, 2.24) is 19.3 Å². The van der Waals surface area contributed by atoms with Crippen molar-refractivity contribution in [2.75, 3.05) is 7.11 Å². The highest BCUT2D eigenvalue weighted by Gasteiger charge is 2.26. The fourth-order valence-electron chi connectivity index (χ4n) is 6.00. The van der Waals surface area contributed by atoms with Crippen LogP contribution in [0.15, 0.2) is 95.9 Å². The lowest BCUT2D eigenvalue weighted by Crippen LogP contribution is -2.32. The number of pyridine rings is 2. The number of hydrogen-bond donors (Lipinski definition) is 0. The minimum atomic E-state index is -0.673. The highest BCUT2D eigenvalue weighted by molar-refractivity contribution is 14.1. The summed E-state index contributed by atoms with van der Waals surface area (Å²) in [6, 6.07) is 24.0. The number of fused-ring (bicyclic) bond motifs is 2. The third kappa shape index (κ3) is 6.01. The second-order valence-corrected chi connectivity index (χ2v) is 12.5. The normalized spacial score (nSPS) is 12.6. The van der Waals surface area contributed by atoms with Gasteiger partial charge in [0.2, 0.25) is 0 Å². The van der Waals surface area contributed by atoms with Crippen LogP contribution in [0, 0.1) is 9.52 Å². The first-order chi connectivity index (χ1) is 23.3. The van der Waals surface area contributed by atoms with Crippen molar-refractivity contribution in [3.63, 3.8) is 0 Å². The molecule has 0 bridgehead atoms. The first kappa shape index (κ1) is 31.4. The molecule has 1 aliphatic carbocycles. The minimum absolute atomic E-state index is 0.0387. The van der Waals surface area contributed by atoms with Crippen LogP contribution in [0.3, 0.4) is 0 Å². The van der Waals surface area contributed by atoms with Crippen molar-refractivity contribution in [3.8, 4) is 22.9 Å². The monoisotopic (exact) mass is 754 g/mol. The van der Waals surface area contributed by atoms with Gasteiger partial charge in [0, 0.05) is 42.0 Å². The molecular formula is C37H28FIN4O5. The predicted octanol–water partition coefficient (Wildman–Crippen LogP) is 7.12. The number of para-hydroxylation sites is 1. The van der Waals surface area contributed by atoms with Crippen LogP contribution in [0.5, 0.6) is 17.2 Å². The van der Waals surface area contributed by atoms with Crippen molar-refractivity contribution in [3.05, 3.63) is 139 Å². The maximum Gasteiger partial charge on any atom is 0.266 e. The second-order valence-electron chi connectivity index (χ2n) is 11.4. The lowest BCUT2D eigenvalue weighted by Gasteiger charge is -2.21. The van der Waals surface area contributed by atoms with Gasteiger partial charge in [-0.15, -0.1) is 0 Å². The average molecular weight is 755 g/mol. The van der Waals surface area contributed by atoms with Crippen LogP contribution in [-0.2, 0) is 19.4 Å². The molecular weight excluding hydrogens is 726 g/mol. The lowest BCUT2D eigenvalue weighted by atomic mass is 9.91. The van der Waals surface area contributed by atoms with Gasteiger partial charge in [0.1, 0.15) is 15.2 Å². The second kappa shape index (κ2) is 13.1. The summed E-state index contributed by atoms with van der Waals surface area (Å²) in [5.74, 6) is -0.182. The topological polar surface area (TPSA) is 105 Å². The highest BCUT2D eigenvalue weighted by Crippen LogP contribution is 2.34. The first-order valence-electron chi connectivity index (χ1n) is 15.3. The number of carbonyl (C=O) groups is 2. The van der Waals surface area contributed by atoms with Crippen molar-refractivity contribution < 1.29 is 23.5 Å². The molecule has 0 fully saturated rings. The van der Waals surface area contributed by atoms with Gasteiger partial charge in [-0.25, -0.2) is 14.1 Å². The molecule has 11 heteroatoms. The summed E-state index contributed by atoms with van der Waals surface area (Å²) in [6.07, 6.45) is 2.89. The van der Waals surface area contributed by atoms with Crippen LogP contribution in [0.2, 0.25) is 0 Å². The molecule has 0 atom stereocenters. The van der Waals surface area contributed by atoms with Crippen LogP contribution in [0.25, 0.3) is 16.7 Å². The van der Waals surface area contributed by atoms with Gasteiger partial charge >= 0.3 is 0 Å². The fraction of sp³-hybridized carbons (Fsp3) is 0.162. The van der Waals surface area contributed by atoms with E-state index in [0.29, 0.717) is 68.8 Å². The SMILES string of the molecule is COc1ccc(Cn2nc(I)c3c(Oc4ccc(CC(=O)c5cc6c(n(-c7ccccc7)c5=O)CCCC6=O)cc4F)ccnc32)cc1. The smallest absolute Gasteiger partial charge is 0.266 e. The van der Waals surface area contributed by atoms with E-state index >= 15 is 4.39 Å². The summed E-state index contributed by atoms with van der Waals surface area (Å²) in [5.41, 5.74) is 2.93. The maximum absolute atomic E-state index is 15.5. The molecule has 6 aromatic rings. The predicted molar refractivity (Wildman–Crippen MR) is 186 cm³/mol. The number of aromatic nitrogens is 4. The zero-order valence-electron chi connectivity index (χ0n) is 25.8. The summed E-state index contributed by atoms with van der Waals surface area (Å²) >= 11 is 2.11. The van der Waals surface area contributed by atoms with Crippen molar-refractivity contribution >= 4 is 45.2 Å². The quantitative estimate of drug-likeness (QED) is 0.114. The standard InChI is InChI=1S/C37H28FIN4O5/c1-47-25-13-10-22(11-14-25)21-42-36-34(35(39)41-42)33(16-17-40-36)48-32-15-12-23(18-28(32)38)19-31(45)27-20-26-29(8-5-9-30(26)44)43(37(27)46)24-6-3-2-4-7-24/h2-4,6-7,10-18,20H,5,8-9,19,21H2,1H3. The molecule has 3 aromatic carbocycles. The van der Waals surface area contributed by atoms with Gasteiger partial charge < -0.3 is 9.47 Å². The summed E-state index contributed by atoms with van der Waals surface area (Å²) in [5, 5.41) is 5.28. The Morgan fingerprint density at radius 1 is 0.938 bits per heavy atom. The van der Waals surface area contributed by atoms with Crippen molar-refractivity contribution in [2.45, 2.75) is 32.2 Å². The van der Waals surface area contributed by atoms with Crippen molar-refractivity contribution in [1.29, 1.82) is 0 Å². The van der Waals surface area contributed by atoms with E-state index in [4.69, 9.17) is 9.47 Å². The summed E-state index contributed by atoms with van der Waals surface area (Å²) in [7, 11) is 1.62. The van der Waals surface area contributed by atoms with Gasteiger partial charge in [-0.1, -0.05) is 36.4 Å². The van der Waals surface area contributed by atoms with Crippen molar-refractivity contribution in [2.24, 2.45) is 0 Å². The van der Waals surface area contributed by atoms with Gasteiger partial charge in [0.05, 0.1) is 24.6 Å². The van der Waals surface area contributed by atoms with E-state index in [0.717, 1.165) is 11.3 Å². The maximum atomic E-state index is 15.5. The number of ketones is 2. The molecule has 3 heterocycles. The van der Waals surface area contributed by atoms with E-state index in [2.05, 4.69) is 32.7 Å². The average Bonchev–Trinajstić information content (AvgIpc) is 3.41. The number of rotatable bonds is 9. The molecule has 0 saturated carbocycles. The number of Topliss-reactive ketones (excluding diaryl/α,β-unsaturated/α-hetero) is 2. The van der Waals surface area contributed by atoms with Crippen LogP contribution < -0.4 is 15.0 Å². The number of benzene rings is 3. The Hall–Kier alpha value is -5.17. The molecule has 3 aromatic heterocycles. The molecule has 7 rings (SSSR count). The van der Waals surface area contributed by atoms with E-state index in [9.17, 15) is 14.4 Å². The molecule has 0 amide bonds. The van der Waals surface area contributed by atoms with Crippen LogP contribution >= 0.6 is 22.6 Å². The Morgan fingerprint density at radius 3 is 2.46 bits per heavy atom. The molecule has 0 unspecified atom stereocenters. The molecule has 9 nitrogen and oxygen atoms in total. The molecule has 0 spiro atoms. The van der Waals surface area contributed by atoms with E-state index in [1.165, 1.54) is 22.8 Å². The number of nitrogens with zero attached hydrogens (tertiary/aromatic N) is 4. The molecule has 0 radical (unpaired) electrons. The number of hydrogen-bond acceptors (Lipinski definition) is 7. The summed E-state index contributed by atoms with van der Waals surface area (Å²) in [4.78, 5) is 44.6. The van der Waals surface area contributed by atoms with Crippen LogP contribution in [0.1, 0.15) is 50.4 Å². The summed E-state index contributed by atoms with van der Waals surface area (Å²) < 4.78 is 30.6. The molecule has 0 aliphatic heterocycles. The first-order valence-corrected chi connectivity index (χ1v) is 16.4. The Kier molecular flexibility index (Phi) is 8.61. The Balaban J connectivity index is 1.14. The summed E-state index contributed by atoms with van der Waals surface area (Å²) in [6.45, 7) is 0.464. The lowest BCUT2D eigenvalue weighted by molar-refractivity contribution is 0.0971. The zero-order valence-corrected chi connectivity index (χ0v) is 27.9. The van der Waals surface area contributed by atoms with E-state index in [1.807, 2.05) is 30.3 Å². The Labute approximate surface area is 288 Å². The van der Waals surface area contributed by atoms with Gasteiger partial charge in [-0.05, 0) is 89.0 Å². The van der Waals surface area contributed by atoms with Crippen LogP contribution in [-0.4, -0.2) is 38.0 Å². The van der Waals surface area contributed by atoms with Gasteiger partial charge in [0.25, 0.3) is 5.56 Å². The number of carbonyl (C=O) groups excluding carboxylic acids is 2. The third-order valence-electron chi connectivity index (χ3n) is 8.36. The van der Waals surface area contributed by atoms with Gasteiger partial charge in [-0.3, -0.25) is 19.0 Å². The zero-order chi connectivity index (χ0) is 33.4. The third-order valence-corrected chi connectivity index (χ3v) is 9.12. The fourth-order valence-corrected chi connectivity index (χ4v) is 6.77.